The highest BCUT2D eigenvalue weighted by molar-refractivity contribution is 6.18. The molecule has 0 unspecified atom stereocenters. The molecule has 0 bridgehead atoms. The third-order valence-corrected chi connectivity index (χ3v) is 2.59. The second-order valence-corrected chi connectivity index (χ2v) is 4.09. The van der Waals surface area contributed by atoms with E-state index in [0.29, 0.717) is 29.0 Å². The average molecular weight is 283 g/mol. The second-order valence-electron chi connectivity index (χ2n) is 3.71. The zero-order chi connectivity index (χ0) is 13.8. The molecule has 0 fully saturated rings. The summed E-state index contributed by atoms with van der Waals surface area (Å²) < 4.78 is 0. The van der Waals surface area contributed by atoms with Crippen molar-refractivity contribution in [3.8, 4) is 0 Å². The van der Waals surface area contributed by atoms with Crippen molar-refractivity contribution >= 4 is 40.2 Å². The molecule has 0 saturated carbocycles. The number of carboxylic acid groups (broad SMARTS) is 1. The molecular weight excluding hydrogens is 272 g/mol. The molecule has 0 saturated heterocycles. The molecule has 1 heterocycles. The van der Waals surface area contributed by atoms with Gasteiger partial charge in [0.1, 0.15) is 0 Å². The fourth-order valence-corrected chi connectivity index (χ4v) is 1.69. The molecule has 4 N–H and O–H groups in total. The van der Waals surface area contributed by atoms with E-state index in [-0.39, 0.29) is 5.69 Å². The number of nitrogens with zero attached hydrogens (tertiary/aromatic N) is 1. The first-order valence-corrected chi connectivity index (χ1v) is 5.97. The van der Waals surface area contributed by atoms with E-state index in [2.05, 4.69) is 20.8 Å². The van der Waals surface area contributed by atoms with Crippen LogP contribution in [0, 0.1) is 0 Å². The molecule has 19 heavy (non-hydrogen) atoms. The normalized spacial score (nSPS) is 10.4. The molecule has 2 rings (SSSR count). The molecule has 2 amide bonds. The van der Waals surface area contributed by atoms with Gasteiger partial charge in [-0.1, -0.05) is 0 Å². The van der Waals surface area contributed by atoms with Crippen LogP contribution in [-0.4, -0.2) is 39.7 Å². The number of carboxylic acids is 1. The van der Waals surface area contributed by atoms with E-state index in [1.54, 1.807) is 18.2 Å². The Kier molecular flexibility index (Phi) is 3.86. The largest absolute Gasteiger partial charge is 0.476 e. The first kappa shape index (κ1) is 13.2. The van der Waals surface area contributed by atoms with E-state index < -0.39 is 12.0 Å². The van der Waals surface area contributed by atoms with Gasteiger partial charge in [0.2, 0.25) is 0 Å². The number of hydrogen-bond acceptors (Lipinski definition) is 3. The fraction of sp³-hybridized carbons (Fsp3) is 0.182. The summed E-state index contributed by atoms with van der Waals surface area (Å²) >= 11 is 5.45. The van der Waals surface area contributed by atoms with Crippen LogP contribution < -0.4 is 10.6 Å². The molecule has 8 heteroatoms. The van der Waals surface area contributed by atoms with Crippen molar-refractivity contribution in [2.45, 2.75) is 0 Å². The van der Waals surface area contributed by atoms with Crippen LogP contribution >= 0.6 is 11.6 Å². The van der Waals surface area contributed by atoms with Crippen molar-refractivity contribution in [3.63, 3.8) is 0 Å². The van der Waals surface area contributed by atoms with Gasteiger partial charge in [0.15, 0.2) is 5.69 Å². The molecule has 0 radical (unpaired) electrons. The summed E-state index contributed by atoms with van der Waals surface area (Å²) in [5.74, 6) is -0.813. The molecule has 2 aromatic rings. The first-order chi connectivity index (χ1) is 9.11. The zero-order valence-corrected chi connectivity index (χ0v) is 10.5. The van der Waals surface area contributed by atoms with Gasteiger partial charge in [-0.05, 0) is 18.2 Å². The fourth-order valence-electron chi connectivity index (χ4n) is 1.59. The third kappa shape index (κ3) is 2.94. The lowest BCUT2D eigenvalue weighted by atomic mass is 10.2. The number of rotatable bonds is 4. The van der Waals surface area contributed by atoms with Crippen LogP contribution in [0.15, 0.2) is 18.2 Å². The number of hydrogen-bond donors (Lipinski definition) is 4. The van der Waals surface area contributed by atoms with Crippen molar-refractivity contribution in [1.82, 2.24) is 15.5 Å². The van der Waals surface area contributed by atoms with E-state index in [4.69, 9.17) is 16.7 Å². The highest BCUT2D eigenvalue weighted by atomic mass is 35.5. The van der Waals surface area contributed by atoms with Gasteiger partial charge in [0.25, 0.3) is 0 Å². The Morgan fingerprint density at radius 3 is 2.89 bits per heavy atom. The summed E-state index contributed by atoms with van der Waals surface area (Å²) in [6, 6.07) is 4.43. The minimum absolute atomic E-state index is 0.0835. The van der Waals surface area contributed by atoms with E-state index in [1.807, 2.05) is 0 Å². The summed E-state index contributed by atoms with van der Waals surface area (Å²) in [6.45, 7) is 0.349. The van der Waals surface area contributed by atoms with Crippen LogP contribution in [0.3, 0.4) is 0 Å². The summed E-state index contributed by atoms with van der Waals surface area (Å²) in [5, 5.41) is 20.8. The number of anilines is 1. The van der Waals surface area contributed by atoms with E-state index in [9.17, 15) is 9.59 Å². The molecule has 7 nitrogen and oxygen atoms in total. The molecule has 0 spiro atoms. The smallest absolute Gasteiger partial charge is 0.357 e. The molecular formula is C11H11ClN4O3. The van der Waals surface area contributed by atoms with Crippen LogP contribution in [0.2, 0.25) is 0 Å². The third-order valence-electron chi connectivity index (χ3n) is 2.40. The Hall–Kier alpha value is -2.28. The van der Waals surface area contributed by atoms with Gasteiger partial charge in [0, 0.05) is 23.5 Å². The SMILES string of the molecule is O=C(NCCCl)Nc1ccc2[nH]nc(C(=O)O)c2c1. The Balaban J connectivity index is 2.23. The highest BCUT2D eigenvalue weighted by Gasteiger charge is 2.13. The molecule has 0 aliphatic carbocycles. The minimum Gasteiger partial charge on any atom is -0.476 e. The lowest BCUT2D eigenvalue weighted by Gasteiger charge is -2.06. The monoisotopic (exact) mass is 282 g/mol. The zero-order valence-electron chi connectivity index (χ0n) is 9.74. The Morgan fingerprint density at radius 2 is 2.21 bits per heavy atom. The summed E-state index contributed by atoms with van der Waals surface area (Å²) in [7, 11) is 0. The molecule has 0 atom stereocenters. The van der Waals surface area contributed by atoms with Gasteiger partial charge in [0.05, 0.1) is 5.52 Å². The number of fused-ring (bicyclic) bond motifs is 1. The molecule has 1 aromatic carbocycles. The lowest BCUT2D eigenvalue weighted by Crippen LogP contribution is -2.30. The number of benzene rings is 1. The van der Waals surface area contributed by atoms with Gasteiger partial charge in [-0.2, -0.15) is 5.10 Å². The average Bonchev–Trinajstić information content (AvgIpc) is 2.79. The molecule has 1 aromatic heterocycles. The quantitative estimate of drug-likeness (QED) is 0.639. The van der Waals surface area contributed by atoms with Crippen molar-refractivity contribution < 1.29 is 14.7 Å². The summed E-state index contributed by atoms with van der Waals surface area (Å²) in [6.07, 6.45) is 0. The number of aromatic carboxylic acids is 1. The maximum absolute atomic E-state index is 11.4. The molecule has 0 aliphatic rings. The van der Waals surface area contributed by atoms with Crippen LogP contribution in [0.4, 0.5) is 10.5 Å². The van der Waals surface area contributed by atoms with E-state index in [0.717, 1.165) is 0 Å². The summed E-state index contributed by atoms with van der Waals surface area (Å²) in [5.41, 5.74) is 0.979. The number of carbonyl (C=O) groups is 2. The van der Waals surface area contributed by atoms with Crippen LogP contribution in [0.5, 0.6) is 0 Å². The molecule has 100 valence electrons. The number of carbonyl (C=O) groups excluding carboxylic acids is 1. The van der Waals surface area contributed by atoms with Crippen molar-refractivity contribution in [1.29, 1.82) is 0 Å². The number of aromatic nitrogens is 2. The first-order valence-electron chi connectivity index (χ1n) is 5.44. The number of H-pyrrole nitrogens is 1. The Morgan fingerprint density at radius 1 is 1.42 bits per heavy atom. The maximum atomic E-state index is 11.4. The van der Waals surface area contributed by atoms with Gasteiger partial charge < -0.3 is 15.7 Å². The van der Waals surface area contributed by atoms with Crippen molar-refractivity contribution in [2.24, 2.45) is 0 Å². The number of aromatic amines is 1. The highest BCUT2D eigenvalue weighted by Crippen LogP contribution is 2.20. The van der Waals surface area contributed by atoms with Crippen LogP contribution in [-0.2, 0) is 0 Å². The molecule has 0 aliphatic heterocycles. The number of alkyl halides is 1. The number of nitrogens with one attached hydrogen (secondary N) is 3. The van der Waals surface area contributed by atoms with Gasteiger partial charge in [-0.3, -0.25) is 5.10 Å². The van der Waals surface area contributed by atoms with Gasteiger partial charge >= 0.3 is 12.0 Å². The lowest BCUT2D eigenvalue weighted by molar-refractivity contribution is 0.0692. The predicted octanol–water partition coefficient (Wildman–Crippen LogP) is 1.62. The summed E-state index contributed by atoms with van der Waals surface area (Å²) in [4.78, 5) is 22.4. The van der Waals surface area contributed by atoms with Crippen molar-refractivity contribution in [3.05, 3.63) is 23.9 Å². The number of halogens is 1. The second kappa shape index (κ2) is 5.57. The standard InChI is InChI=1S/C11H11ClN4O3/c12-3-4-13-11(19)14-6-1-2-8-7(5-6)9(10(17)18)16-15-8/h1-2,5H,3-4H2,(H,15,16)(H,17,18)(H2,13,14,19). The van der Waals surface area contributed by atoms with E-state index >= 15 is 0 Å². The Bertz CT molecular complexity index is 625. The van der Waals surface area contributed by atoms with Crippen LogP contribution in [0.1, 0.15) is 10.5 Å². The predicted molar refractivity (Wildman–Crippen MR) is 70.8 cm³/mol. The van der Waals surface area contributed by atoms with E-state index in [1.165, 1.54) is 0 Å². The van der Waals surface area contributed by atoms with Gasteiger partial charge in [-0.15, -0.1) is 11.6 Å². The van der Waals surface area contributed by atoms with Crippen molar-refractivity contribution in [2.75, 3.05) is 17.7 Å². The number of urea groups is 1. The maximum Gasteiger partial charge on any atom is 0.357 e. The topological polar surface area (TPSA) is 107 Å². The van der Waals surface area contributed by atoms with Gasteiger partial charge in [-0.25, -0.2) is 9.59 Å². The Labute approximate surface area is 112 Å². The number of amides is 2. The van der Waals surface area contributed by atoms with Crippen LogP contribution in [0.25, 0.3) is 10.9 Å². The minimum atomic E-state index is -1.13.